The van der Waals surface area contributed by atoms with Crippen LogP contribution in [-0.2, 0) is 26.6 Å². The van der Waals surface area contributed by atoms with E-state index in [1.807, 2.05) is 30.1 Å². The van der Waals surface area contributed by atoms with E-state index in [1.165, 1.54) is 6.20 Å². The number of carbonyl (C=O) groups excluding carboxylic acids is 1. The van der Waals surface area contributed by atoms with Crippen LogP contribution in [0.4, 0.5) is 0 Å². The fourth-order valence-electron chi connectivity index (χ4n) is 3.28. The molecule has 0 bridgehead atoms. The van der Waals surface area contributed by atoms with E-state index in [-0.39, 0.29) is 5.91 Å². The van der Waals surface area contributed by atoms with Crippen LogP contribution in [0, 0.1) is 6.92 Å². The van der Waals surface area contributed by atoms with Gasteiger partial charge in [-0.05, 0) is 13.8 Å². The number of aryl methyl sites for hydroxylation is 3. The van der Waals surface area contributed by atoms with Crippen molar-refractivity contribution in [3.05, 3.63) is 41.4 Å². The fourth-order valence-corrected chi connectivity index (χ4v) is 3.28. The molecule has 3 aromatic rings. The van der Waals surface area contributed by atoms with E-state index in [1.54, 1.807) is 17.4 Å². The molecule has 0 spiro atoms. The van der Waals surface area contributed by atoms with E-state index in [4.69, 9.17) is 0 Å². The molecule has 0 radical (unpaired) electrons. The van der Waals surface area contributed by atoms with Crippen LogP contribution in [0.15, 0.2) is 18.7 Å². The maximum atomic E-state index is 12.8. The Hall–Kier alpha value is -3.10. The Morgan fingerprint density at radius 2 is 2.12 bits per heavy atom. The summed E-state index contributed by atoms with van der Waals surface area (Å²) in [7, 11) is 1.93. The average Bonchev–Trinajstić information content (AvgIpc) is 3.25. The minimum absolute atomic E-state index is 0.116. The van der Waals surface area contributed by atoms with Gasteiger partial charge in [0.2, 0.25) is 0 Å². The Morgan fingerprint density at radius 3 is 2.85 bits per heavy atom. The van der Waals surface area contributed by atoms with Gasteiger partial charge in [0.25, 0.3) is 5.91 Å². The van der Waals surface area contributed by atoms with Crippen LogP contribution in [0.2, 0.25) is 0 Å². The largest absolute Gasteiger partial charge is 0.332 e. The zero-order valence-corrected chi connectivity index (χ0v) is 15.0. The Bertz CT molecular complexity index is 956. The van der Waals surface area contributed by atoms with Crippen molar-refractivity contribution in [2.75, 3.05) is 6.54 Å². The minimum atomic E-state index is -0.116. The van der Waals surface area contributed by atoms with Crippen molar-refractivity contribution in [2.24, 2.45) is 7.05 Å². The Kier molecular flexibility index (Phi) is 3.98. The monoisotopic (exact) mass is 352 g/mol. The van der Waals surface area contributed by atoms with Gasteiger partial charge in [0, 0.05) is 44.0 Å². The molecule has 1 aliphatic heterocycles. The predicted molar refractivity (Wildman–Crippen MR) is 93.1 cm³/mol. The first kappa shape index (κ1) is 16.4. The Morgan fingerprint density at radius 1 is 1.27 bits per heavy atom. The van der Waals surface area contributed by atoms with Gasteiger partial charge in [-0.2, -0.15) is 5.10 Å². The molecule has 0 fully saturated rings. The van der Waals surface area contributed by atoms with Gasteiger partial charge >= 0.3 is 0 Å². The molecule has 0 aliphatic carbocycles. The van der Waals surface area contributed by atoms with E-state index >= 15 is 0 Å². The standard InChI is InChI=1S/C17H20N8O/c1-4-24-10-20-21-16(24)15-12-9-25(6-5-14(12)23(3)22-15)17(26)13-8-18-11(2)7-19-13/h7-8,10H,4-6,9H2,1-3H3. The quantitative estimate of drug-likeness (QED) is 0.698. The number of hydrogen-bond donors (Lipinski definition) is 0. The fraction of sp³-hybridized carbons (Fsp3) is 0.412. The number of rotatable bonds is 3. The number of nitrogens with zero attached hydrogens (tertiary/aromatic N) is 8. The maximum absolute atomic E-state index is 12.8. The Balaban J connectivity index is 1.68. The maximum Gasteiger partial charge on any atom is 0.274 e. The number of fused-ring (bicyclic) bond motifs is 1. The third-order valence-electron chi connectivity index (χ3n) is 4.70. The lowest BCUT2D eigenvalue weighted by atomic mass is 10.0. The Labute approximate surface area is 150 Å². The molecule has 0 saturated heterocycles. The van der Waals surface area contributed by atoms with E-state index in [0.717, 1.165) is 41.4 Å². The van der Waals surface area contributed by atoms with E-state index in [2.05, 4.69) is 25.3 Å². The summed E-state index contributed by atoms with van der Waals surface area (Å²) in [6.07, 6.45) is 5.58. The number of aromatic nitrogens is 7. The molecule has 9 heteroatoms. The number of carbonyl (C=O) groups is 1. The van der Waals surface area contributed by atoms with Gasteiger partial charge in [0.15, 0.2) is 5.82 Å². The lowest BCUT2D eigenvalue weighted by Gasteiger charge is -2.27. The highest BCUT2D eigenvalue weighted by molar-refractivity contribution is 5.92. The average molecular weight is 352 g/mol. The molecule has 0 atom stereocenters. The molecule has 0 aromatic carbocycles. The first-order valence-electron chi connectivity index (χ1n) is 8.59. The second-order valence-corrected chi connectivity index (χ2v) is 6.36. The lowest BCUT2D eigenvalue weighted by Crippen LogP contribution is -2.36. The molecule has 0 N–H and O–H groups in total. The van der Waals surface area contributed by atoms with E-state index in [9.17, 15) is 4.79 Å². The van der Waals surface area contributed by atoms with E-state index in [0.29, 0.717) is 18.8 Å². The molecule has 4 rings (SSSR count). The van der Waals surface area contributed by atoms with Gasteiger partial charge < -0.3 is 9.47 Å². The predicted octanol–water partition coefficient (Wildman–Crippen LogP) is 0.995. The summed E-state index contributed by atoms with van der Waals surface area (Å²) < 4.78 is 3.83. The van der Waals surface area contributed by atoms with Gasteiger partial charge in [0.05, 0.1) is 18.4 Å². The smallest absolute Gasteiger partial charge is 0.274 e. The first-order chi connectivity index (χ1) is 12.6. The summed E-state index contributed by atoms with van der Waals surface area (Å²) in [6, 6.07) is 0. The molecule has 0 unspecified atom stereocenters. The number of hydrogen-bond acceptors (Lipinski definition) is 6. The van der Waals surface area contributed by atoms with Gasteiger partial charge in [-0.25, -0.2) is 4.98 Å². The molecule has 9 nitrogen and oxygen atoms in total. The molecule has 26 heavy (non-hydrogen) atoms. The van der Waals surface area contributed by atoms with Crippen molar-refractivity contribution in [2.45, 2.75) is 33.4 Å². The van der Waals surface area contributed by atoms with Crippen LogP contribution >= 0.6 is 0 Å². The highest BCUT2D eigenvalue weighted by Crippen LogP contribution is 2.29. The minimum Gasteiger partial charge on any atom is -0.332 e. The molecule has 3 aromatic heterocycles. The van der Waals surface area contributed by atoms with Crippen molar-refractivity contribution < 1.29 is 4.79 Å². The van der Waals surface area contributed by atoms with Crippen LogP contribution < -0.4 is 0 Å². The van der Waals surface area contributed by atoms with Crippen molar-refractivity contribution >= 4 is 5.91 Å². The van der Waals surface area contributed by atoms with Gasteiger partial charge in [-0.3, -0.25) is 14.5 Å². The summed E-state index contributed by atoms with van der Waals surface area (Å²) in [4.78, 5) is 23.0. The summed E-state index contributed by atoms with van der Waals surface area (Å²) in [5, 5.41) is 12.9. The summed E-state index contributed by atoms with van der Waals surface area (Å²) in [6.45, 7) is 5.74. The van der Waals surface area contributed by atoms with Crippen LogP contribution in [0.3, 0.4) is 0 Å². The van der Waals surface area contributed by atoms with Crippen LogP contribution in [0.5, 0.6) is 0 Å². The molecular formula is C17H20N8O. The highest BCUT2D eigenvalue weighted by Gasteiger charge is 2.29. The molecule has 4 heterocycles. The second-order valence-electron chi connectivity index (χ2n) is 6.36. The first-order valence-corrected chi connectivity index (χ1v) is 8.59. The molecule has 1 amide bonds. The van der Waals surface area contributed by atoms with Crippen LogP contribution in [0.25, 0.3) is 11.5 Å². The van der Waals surface area contributed by atoms with Crippen LogP contribution in [-0.4, -0.2) is 51.9 Å². The third kappa shape index (κ3) is 2.65. The second kappa shape index (κ2) is 6.32. The van der Waals surface area contributed by atoms with Gasteiger partial charge in [-0.1, -0.05) is 0 Å². The molecule has 134 valence electrons. The molecule has 0 saturated carbocycles. The van der Waals surface area contributed by atoms with Crippen molar-refractivity contribution in [3.63, 3.8) is 0 Å². The topological polar surface area (TPSA) is 94.6 Å². The van der Waals surface area contributed by atoms with Crippen molar-refractivity contribution in [3.8, 4) is 11.5 Å². The highest BCUT2D eigenvalue weighted by atomic mass is 16.2. The van der Waals surface area contributed by atoms with E-state index < -0.39 is 0 Å². The van der Waals surface area contributed by atoms with Gasteiger partial charge in [-0.15, -0.1) is 10.2 Å². The van der Waals surface area contributed by atoms with Gasteiger partial charge in [0.1, 0.15) is 17.7 Å². The molecule has 1 aliphatic rings. The zero-order valence-electron chi connectivity index (χ0n) is 15.0. The number of amides is 1. The zero-order chi connectivity index (χ0) is 18.3. The van der Waals surface area contributed by atoms with Crippen molar-refractivity contribution in [1.82, 2.24) is 39.4 Å². The van der Waals surface area contributed by atoms with Crippen LogP contribution in [0.1, 0.15) is 34.4 Å². The SMILES string of the molecule is CCn1cnnc1-c1nn(C)c2c1CN(C(=O)c1cnc(C)cn1)CC2. The molecular weight excluding hydrogens is 332 g/mol. The lowest BCUT2D eigenvalue weighted by molar-refractivity contribution is 0.0727. The normalized spacial score (nSPS) is 13.7. The van der Waals surface area contributed by atoms with Crippen molar-refractivity contribution in [1.29, 1.82) is 0 Å². The third-order valence-corrected chi connectivity index (χ3v) is 4.70. The summed E-state index contributed by atoms with van der Waals surface area (Å²) in [5.74, 6) is 0.615. The summed E-state index contributed by atoms with van der Waals surface area (Å²) in [5.41, 5.74) is 4.09. The summed E-state index contributed by atoms with van der Waals surface area (Å²) >= 11 is 0.